The first-order valence-corrected chi connectivity index (χ1v) is 20.9. The largest absolute Gasteiger partial charge is 0.385 e. The molecule has 0 aromatic heterocycles. The molecule has 4 atom stereocenters. The van der Waals surface area contributed by atoms with E-state index in [1.165, 1.54) is 12.5 Å². The fraction of sp³-hybridized carbons (Fsp3) is 0.682. The lowest BCUT2D eigenvalue weighted by atomic mass is 9.72. The molecule has 55 heavy (non-hydrogen) atoms. The van der Waals surface area contributed by atoms with Gasteiger partial charge in [-0.15, -0.1) is 0 Å². The van der Waals surface area contributed by atoms with Gasteiger partial charge in [0.05, 0.1) is 5.60 Å². The fourth-order valence-electron chi connectivity index (χ4n) is 8.17. The topological polar surface area (TPSA) is 118 Å². The van der Waals surface area contributed by atoms with E-state index in [0.29, 0.717) is 55.6 Å². The predicted molar refractivity (Wildman–Crippen MR) is 223 cm³/mol. The number of unbranched alkanes of at least 4 members (excludes halogenated alkanes) is 1. The lowest BCUT2D eigenvalue weighted by Crippen LogP contribution is -2.54. The first-order valence-electron chi connectivity index (χ1n) is 20.9. The highest BCUT2D eigenvalue weighted by atomic mass is 19.1. The van der Waals surface area contributed by atoms with E-state index in [1.54, 1.807) is 19.2 Å². The van der Waals surface area contributed by atoms with Crippen molar-refractivity contribution in [1.29, 1.82) is 0 Å². The number of rotatable bonds is 18. The molecule has 0 aliphatic carbocycles. The van der Waals surface area contributed by atoms with Crippen molar-refractivity contribution >= 4 is 12.1 Å². The van der Waals surface area contributed by atoms with Gasteiger partial charge in [0.25, 0.3) is 0 Å². The second-order valence-electron chi connectivity index (χ2n) is 16.4. The molecular weight excluding hydrogens is 696 g/mol. The Balaban J connectivity index is 0.000000399. The minimum atomic E-state index is -1.21. The van der Waals surface area contributed by atoms with Crippen LogP contribution in [0.2, 0.25) is 0 Å². The number of aliphatic hydroxyl groups is 1. The molecule has 2 fully saturated rings. The Morgan fingerprint density at radius 3 is 1.91 bits per heavy atom. The number of nitrogens with one attached hydrogen (secondary N) is 4. The number of hydrogen-bond acceptors (Lipinski definition) is 6. The standard InChI is InChI=1S/C31H46FN3O3.C13H27N3O/c1-23(2)20-25(21-33-3)34-30(36)35-18-11-12-24(22-35)31(37,17-9-10-19-38-4)28-15-7-5-13-26(28)27-14-6-8-16-29(27)32;1-11(2)9-12(10-14-3)15-13(17)16-7-5-4-6-8-16/h5-8,13-16,23-25,33,37H,9-12,17-22H2,1-4H3,(H,34,36);11-12,14H,4-10H2,1-3H3,(H,15,17)/t24-,25+,31+;12-/m10/s1. The van der Waals surface area contributed by atoms with Gasteiger partial charge in [-0.05, 0) is 107 Å². The lowest BCUT2D eigenvalue weighted by Gasteiger charge is -2.44. The molecule has 5 N–H and O–H groups in total. The molecule has 10 nitrogen and oxygen atoms in total. The molecule has 0 unspecified atom stereocenters. The molecule has 4 rings (SSSR count). The molecule has 0 radical (unpaired) electrons. The Hall–Kier alpha value is -3.25. The van der Waals surface area contributed by atoms with Crippen LogP contribution < -0.4 is 21.3 Å². The molecule has 11 heteroatoms. The minimum absolute atomic E-state index is 0.0441. The van der Waals surface area contributed by atoms with Gasteiger partial charge in [0.15, 0.2) is 0 Å². The highest BCUT2D eigenvalue weighted by molar-refractivity contribution is 5.75. The van der Waals surface area contributed by atoms with E-state index in [0.717, 1.165) is 76.6 Å². The minimum Gasteiger partial charge on any atom is -0.385 e. The Bertz CT molecular complexity index is 1410. The number of nitrogens with zero attached hydrogens (tertiary/aromatic N) is 2. The van der Waals surface area contributed by atoms with Crippen LogP contribution in [-0.2, 0) is 10.3 Å². The zero-order valence-corrected chi connectivity index (χ0v) is 35.0. The van der Waals surface area contributed by atoms with Crippen LogP contribution in [0.3, 0.4) is 0 Å². The van der Waals surface area contributed by atoms with Gasteiger partial charge in [-0.25, -0.2) is 14.0 Å². The Labute approximate surface area is 331 Å². The second kappa shape index (κ2) is 24.4. The number of halogens is 1. The number of piperidine rings is 2. The number of benzene rings is 2. The summed E-state index contributed by atoms with van der Waals surface area (Å²) in [6.07, 6.45) is 9.17. The summed E-state index contributed by atoms with van der Waals surface area (Å²) in [5.41, 5.74) is 0.691. The first-order chi connectivity index (χ1) is 26.4. The maximum absolute atomic E-state index is 14.9. The summed E-state index contributed by atoms with van der Waals surface area (Å²) in [4.78, 5) is 29.2. The number of amides is 4. The van der Waals surface area contributed by atoms with Crippen LogP contribution in [0.4, 0.5) is 14.0 Å². The molecule has 2 aromatic carbocycles. The third kappa shape index (κ3) is 15.0. The molecular formula is C44H73FN6O4. The van der Waals surface area contributed by atoms with E-state index in [-0.39, 0.29) is 35.9 Å². The SMILES string of the molecule is CNC[C@H](CC(C)C)NC(=O)N1CCCCC1.CNC[C@H](CC(C)C)NC(=O)N1CCC[C@@H]([C@@](O)(CCCCOC)c2ccccc2-c2ccccc2F)C1. The van der Waals surface area contributed by atoms with E-state index in [9.17, 15) is 19.1 Å². The van der Waals surface area contributed by atoms with Crippen molar-refractivity contribution in [3.8, 4) is 11.1 Å². The average molecular weight is 769 g/mol. The van der Waals surface area contributed by atoms with Crippen LogP contribution in [0, 0.1) is 23.6 Å². The number of hydrogen-bond donors (Lipinski definition) is 5. The molecule has 2 aliphatic heterocycles. The number of carbonyl (C=O) groups excluding carboxylic acids is 2. The van der Waals surface area contributed by atoms with Crippen molar-refractivity contribution in [3.05, 3.63) is 59.9 Å². The predicted octanol–water partition coefficient (Wildman–Crippen LogP) is 7.37. The van der Waals surface area contributed by atoms with Crippen molar-refractivity contribution < 1.29 is 23.8 Å². The summed E-state index contributed by atoms with van der Waals surface area (Å²) < 4.78 is 20.2. The lowest BCUT2D eigenvalue weighted by molar-refractivity contribution is -0.0559. The Kier molecular flexibility index (Phi) is 20.5. The monoisotopic (exact) mass is 769 g/mol. The number of methoxy groups -OCH3 is 1. The highest BCUT2D eigenvalue weighted by Gasteiger charge is 2.42. The first kappa shape index (κ1) is 46.1. The van der Waals surface area contributed by atoms with E-state index in [1.807, 2.05) is 54.2 Å². The van der Waals surface area contributed by atoms with Gasteiger partial charge in [-0.1, -0.05) is 70.2 Å². The summed E-state index contributed by atoms with van der Waals surface area (Å²) >= 11 is 0. The van der Waals surface area contributed by atoms with Gasteiger partial charge < -0.3 is 40.9 Å². The van der Waals surface area contributed by atoms with Crippen LogP contribution in [0.25, 0.3) is 11.1 Å². The van der Waals surface area contributed by atoms with Gasteiger partial charge in [0.2, 0.25) is 0 Å². The smallest absolute Gasteiger partial charge is 0.317 e. The van der Waals surface area contributed by atoms with Gasteiger partial charge >= 0.3 is 12.1 Å². The maximum atomic E-state index is 14.9. The fourth-order valence-corrected chi connectivity index (χ4v) is 8.17. The van der Waals surface area contributed by atoms with Crippen LogP contribution >= 0.6 is 0 Å². The van der Waals surface area contributed by atoms with Gasteiger partial charge in [0.1, 0.15) is 5.82 Å². The number of carbonyl (C=O) groups is 2. The third-order valence-electron chi connectivity index (χ3n) is 10.8. The van der Waals surface area contributed by atoms with Gasteiger partial charge in [-0.3, -0.25) is 0 Å². The number of urea groups is 2. The average Bonchev–Trinajstić information content (AvgIpc) is 3.17. The molecule has 2 saturated heterocycles. The van der Waals surface area contributed by atoms with Crippen molar-refractivity contribution in [2.24, 2.45) is 17.8 Å². The Morgan fingerprint density at radius 1 is 0.800 bits per heavy atom. The molecule has 2 aromatic rings. The van der Waals surface area contributed by atoms with Crippen molar-refractivity contribution in [2.75, 3.05) is 67.1 Å². The van der Waals surface area contributed by atoms with E-state index in [2.05, 4.69) is 49.0 Å². The summed E-state index contributed by atoms with van der Waals surface area (Å²) in [5, 5.41) is 25.2. The molecule has 2 heterocycles. The molecule has 0 bridgehead atoms. The molecule has 4 amide bonds. The third-order valence-corrected chi connectivity index (χ3v) is 10.8. The van der Waals surface area contributed by atoms with Crippen molar-refractivity contribution in [3.63, 3.8) is 0 Å². The van der Waals surface area contributed by atoms with Gasteiger partial charge in [-0.2, -0.15) is 0 Å². The zero-order valence-electron chi connectivity index (χ0n) is 35.0. The van der Waals surface area contributed by atoms with Gasteiger partial charge in [0, 0.05) is 76.6 Å². The molecule has 0 spiro atoms. The summed E-state index contributed by atoms with van der Waals surface area (Å²) in [6.45, 7) is 13.8. The highest BCUT2D eigenvalue weighted by Crippen LogP contribution is 2.44. The Morgan fingerprint density at radius 2 is 1.35 bits per heavy atom. The molecule has 0 saturated carbocycles. The van der Waals surface area contributed by atoms with Crippen molar-refractivity contribution in [1.82, 2.24) is 31.1 Å². The maximum Gasteiger partial charge on any atom is 0.317 e. The van der Waals surface area contributed by atoms with E-state index in [4.69, 9.17) is 4.74 Å². The number of likely N-dealkylation sites (tertiary alicyclic amines) is 2. The molecule has 2 aliphatic rings. The summed E-state index contributed by atoms with van der Waals surface area (Å²) in [7, 11) is 5.51. The number of likely N-dealkylation sites (N-methyl/N-ethyl adjacent to an activating group) is 2. The molecule has 310 valence electrons. The second-order valence-corrected chi connectivity index (χ2v) is 16.4. The quantitative estimate of drug-likeness (QED) is 0.101. The normalized spacial score (nSPS) is 18.3. The summed E-state index contributed by atoms with van der Waals surface area (Å²) in [6, 6.07) is 14.6. The van der Waals surface area contributed by atoms with Crippen LogP contribution in [0.1, 0.15) is 97.5 Å². The number of ether oxygens (including phenoxy) is 1. The van der Waals surface area contributed by atoms with Crippen LogP contribution in [0.15, 0.2) is 48.5 Å². The summed E-state index contributed by atoms with van der Waals surface area (Å²) in [5.74, 6) is 0.585. The van der Waals surface area contributed by atoms with E-state index >= 15 is 0 Å². The van der Waals surface area contributed by atoms with Crippen LogP contribution in [-0.4, -0.2) is 106 Å². The van der Waals surface area contributed by atoms with E-state index < -0.39 is 5.60 Å². The van der Waals surface area contributed by atoms with Crippen molar-refractivity contribution in [2.45, 2.75) is 110 Å². The van der Waals surface area contributed by atoms with Crippen LogP contribution in [0.5, 0.6) is 0 Å². The zero-order chi connectivity index (χ0) is 40.2.